The molecule has 0 aliphatic rings. The summed E-state index contributed by atoms with van der Waals surface area (Å²) < 4.78 is 4.30. The molecule has 0 unspecified atom stereocenters. The minimum Gasteiger partial charge on any atom is -0.309 e. The predicted molar refractivity (Wildman–Crippen MR) is 176 cm³/mol. The predicted octanol–water partition coefficient (Wildman–Crippen LogP) is 8.45. The maximum Gasteiger partial charge on any atom is 0.197 e. The molecule has 4 nitrogen and oxygen atoms in total. The molecule has 0 aliphatic heterocycles. The molecular formula is C38H32N2O2. The number of rotatable bonds is 2. The largest absolute Gasteiger partial charge is 0.309 e. The molecule has 0 spiro atoms. The minimum atomic E-state index is -0.0358. The summed E-state index contributed by atoms with van der Waals surface area (Å²) in [6, 6.07) is 28.7. The van der Waals surface area contributed by atoms with E-state index in [1.54, 1.807) is 0 Å². The fraction of sp³-hybridized carbons (Fsp3) is 0.158. The second-order valence-electron chi connectivity index (χ2n) is 11.9. The number of aryl methyl sites for hydroxylation is 6. The Morgan fingerprint density at radius 3 is 1.05 bits per heavy atom. The number of hydrogen-bond donors (Lipinski definition) is 0. The lowest BCUT2D eigenvalue weighted by Gasteiger charge is -2.20. The van der Waals surface area contributed by atoms with Crippen LogP contribution in [0.4, 0.5) is 0 Å². The lowest BCUT2D eigenvalue weighted by Crippen LogP contribution is -2.15. The topological polar surface area (TPSA) is 44.0 Å². The average molecular weight is 549 g/mol. The third-order valence-electron chi connectivity index (χ3n) is 8.29. The van der Waals surface area contributed by atoms with Gasteiger partial charge in [0.2, 0.25) is 0 Å². The van der Waals surface area contributed by atoms with Crippen molar-refractivity contribution >= 4 is 43.6 Å². The van der Waals surface area contributed by atoms with E-state index in [1.165, 1.54) is 0 Å². The smallest absolute Gasteiger partial charge is 0.197 e. The summed E-state index contributed by atoms with van der Waals surface area (Å²) in [6.45, 7) is 12.4. The third kappa shape index (κ3) is 3.98. The van der Waals surface area contributed by atoms with Crippen molar-refractivity contribution in [2.24, 2.45) is 0 Å². The summed E-state index contributed by atoms with van der Waals surface area (Å²) in [4.78, 5) is 28.4. The van der Waals surface area contributed by atoms with E-state index in [2.05, 4.69) is 85.4 Å². The van der Waals surface area contributed by atoms with Gasteiger partial charge in [0.25, 0.3) is 0 Å². The molecule has 7 rings (SSSR count). The highest BCUT2D eigenvalue weighted by Crippen LogP contribution is 2.32. The standard InChI is InChI=1S/C38H32N2O2/c1-21-7-9-29-33(17-21)39(27-13-23(3)11-24(4)14-27)35-19-32-36(20-31(35)37(29)41)40(28-15-25(5)12-26(6)16-28)34-18-22(2)8-10-30(34)38(32)42/h7-20H,1-6H3. The van der Waals surface area contributed by atoms with Crippen LogP contribution in [-0.2, 0) is 0 Å². The van der Waals surface area contributed by atoms with E-state index < -0.39 is 0 Å². The van der Waals surface area contributed by atoms with Gasteiger partial charge in [-0.05, 0) is 136 Å². The summed E-state index contributed by atoms with van der Waals surface area (Å²) >= 11 is 0. The van der Waals surface area contributed by atoms with Gasteiger partial charge in [-0.1, -0.05) is 24.3 Å². The van der Waals surface area contributed by atoms with Crippen LogP contribution in [0.15, 0.2) is 94.5 Å². The van der Waals surface area contributed by atoms with E-state index in [0.717, 1.165) is 66.8 Å². The Bertz CT molecular complexity index is 2200. The number of benzene rings is 5. The molecule has 0 atom stereocenters. The maximum atomic E-state index is 14.2. The maximum absolute atomic E-state index is 14.2. The Labute approximate surface area is 244 Å². The summed E-state index contributed by atoms with van der Waals surface area (Å²) in [5, 5.41) is 2.48. The molecule has 0 bridgehead atoms. The van der Waals surface area contributed by atoms with Gasteiger partial charge in [-0.15, -0.1) is 0 Å². The Morgan fingerprint density at radius 1 is 0.357 bits per heavy atom. The van der Waals surface area contributed by atoms with Crippen molar-refractivity contribution in [1.29, 1.82) is 0 Å². The lowest BCUT2D eigenvalue weighted by atomic mass is 10.0. The van der Waals surface area contributed by atoms with Gasteiger partial charge < -0.3 is 9.13 Å². The van der Waals surface area contributed by atoms with Crippen molar-refractivity contribution in [3.8, 4) is 11.4 Å². The van der Waals surface area contributed by atoms with Gasteiger partial charge in [-0.3, -0.25) is 9.59 Å². The van der Waals surface area contributed by atoms with Crippen LogP contribution in [0, 0.1) is 41.5 Å². The second kappa shape index (κ2) is 9.28. The molecular weight excluding hydrogens is 516 g/mol. The highest BCUT2D eigenvalue weighted by molar-refractivity contribution is 6.05. The summed E-state index contributed by atoms with van der Waals surface area (Å²) in [5.74, 6) is 0. The van der Waals surface area contributed by atoms with Gasteiger partial charge in [0.1, 0.15) is 0 Å². The number of fused-ring (bicyclic) bond motifs is 4. The first-order chi connectivity index (χ1) is 20.1. The summed E-state index contributed by atoms with van der Waals surface area (Å²) in [5.41, 5.74) is 11.7. The van der Waals surface area contributed by atoms with Crippen LogP contribution in [0.5, 0.6) is 0 Å². The van der Waals surface area contributed by atoms with Crippen LogP contribution in [0.3, 0.4) is 0 Å². The van der Waals surface area contributed by atoms with Gasteiger partial charge in [0.05, 0.1) is 22.1 Å². The van der Waals surface area contributed by atoms with Crippen LogP contribution in [0.2, 0.25) is 0 Å². The van der Waals surface area contributed by atoms with Crippen LogP contribution in [0.25, 0.3) is 55.0 Å². The van der Waals surface area contributed by atoms with Crippen molar-refractivity contribution in [3.05, 3.63) is 139 Å². The first-order valence-corrected chi connectivity index (χ1v) is 14.3. The van der Waals surface area contributed by atoms with Gasteiger partial charge in [0.15, 0.2) is 10.9 Å². The lowest BCUT2D eigenvalue weighted by molar-refractivity contribution is 1.13. The van der Waals surface area contributed by atoms with E-state index in [1.807, 2.05) is 50.2 Å². The SMILES string of the molecule is Cc1cc(C)cc(-n2c3cc(C)ccc3c(=O)c3cc4c(cc32)c(=O)c2ccc(C)cc2n4-c2cc(C)cc(C)c2)c1. The van der Waals surface area contributed by atoms with E-state index in [4.69, 9.17) is 0 Å². The fourth-order valence-corrected chi connectivity index (χ4v) is 6.61. The highest BCUT2D eigenvalue weighted by atomic mass is 16.1. The third-order valence-corrected chi connectivity index (χ3v) is 8.29. The molecule has 5 aromatic carbocycles. The van der Waals surface area contributed by atoms with E-state index in [0.29, 0.717) is 21.5 Å². The number of hydrogen-bond acceptors (Lipinski definition) is 2. The zero-order valence-corrected chi connectivity index (χ0v) is 24.8. The molecule has 7 aromatic rings. The van der Waals surface area contributed by atoms with Crippen molar-refractivity contribution in [2.45, 2.75) is 41.5 Å². The van der Waals surface area contributed by atoms with E-state index in [-0.39, 0.29) is 10.9 Å². The number of aromatic nitrogens is 2. The van der Waals surface area contributed by atoms with Gasteiger partial charge >= 0.3 is 0 Å². The van der Waals surface area contributed by atoms with Crippen LogP contribution in [-0.4, -0.2) is 9.13 Å². The Kier molecular flexibility index (Phi) is 5.74. The van der Waals surface area contributed by atoms with Crippen molar-refractivity contribution in [3.63, 3.8) is 0 Å². The number of nitrogens with zero attached hydrogens (tertiary/aromatic N) is 2. The minimum absolute atomic E-state index is 0.0358. The molecule has 0 fully saturated rings. The quantitative estimate of drug-likeness (QED) is 0.204. The Balaban J connectivity index is 1.76. The van der Waals surface area contributed by atoms with Crippen molar-refractivity contribution in [1.82, 2.24) is 9.13 Å². The second-order valence-corrected chi connectivity index (χ2v) is 11.9. The molecule has 0 saturated carbocycles. The zero-order chi connectivity index (χ0) is 29.4. The Hall–Kier alpha value is -4.96. The molecule has 42 heavy (non-hydrogen) atoms. The monoisotopic (exact) mass is 548 g/mol. The van der Waals surface area contributed by atoms with E-state index in [9.17, 15) is 9.59 Å². The Morgan fingerprint density at radius 2 is 0.690 bits per heavy atom. The van der Waals surface area contributed by atoms with Gasteiger partial charge in [-0.2, -0.15) is 0 Å². The molecule has 2 aromatic heterocycles. The fourth-order valence-electron chi connectivity index (χ4n) is 6.61. The molecule has 0 aliphatic carbocycles. The first kappa shape index (κ1) is 26.0. The molecule has 206 valence electrons. The van der Waals surface area contributed by atoms with Gasteiger partial charge in [-0.25, -0.2) is 0 Å². The van der Waals surface area contributed by atoms with Crippen LogP contribution in [0.1, 0.15) is 33.4 Å². The van der Waals surface area contributed by atoms with Gasteiger partial charge in [0, 0.05) is 32.9 Å². The zero-order valence-electron chi connectivity index (χ0n) is 24.8. The molecule has 0 radical (unpaired) electrons. The molecule has 2 heterocycles. The number of pyridine rings is 2. The molecule has 4 heteroatoms. The normalized spacial score (nSPS) is 11.8. The molecule has 0 N–H and O–H groups in total. The average Bonchev–Trinajstić information content (AvgIpc) is 2.91. The van der Waals surface area contributed by atoms with Crippen LogP contribution >= 0.6 is 0 Å². The van der Waals surface area contributed by atoms with Crippen LogP contribution < -0.4 is 10.9 Å². The first-order valence-electron chi connectivity index (χ1n) is 14.3. The summed E-state index contributed by atoms with van der Waals surface area (Å²) in [7, 11) is 0. The summed E-state index contributed by atoms with van der Waals surface area (Å²) in [6.07, 6.45) is 0. The highest BCUT2D eigenvalue weighted by Gasteiger charge is 2.19. The van der Waals surface area contributed by atoms with Crippen molar-refractivity contribution in [2.75, 3.05) is 0 Å². The van der Waals surface area contributed by atoms with E-state index >= 15 is 0 Å². The van der Waals surface area contributed by atoms with Crippen molar-refractivity contribution < 1.29 is 0 Å². The molecule has 0 saturated heterocycles. The molecule has 0 amide bonds.